The van der Waals surface area contributed by atoms with E-state index in [1.807, 2.05) is 42.5 Å². The minimum atomic E-state index is -0.270. The average molecular weight is 271 g/mol. The minimum absolute atomic E-state index is 0.270. The number of aromatic nitrogens is 2. The van der Waals surface area contributed by atoms with Crippen LogP contribution in [0.5, 0.6) is 0 Å². The van der Waals surface area contributed by atoms with Gasteiger partial charge in [0.05, 0.1) is 11.2 Å². The first-order chi connectivity index (χ1) is 9.16. The van der Waals surface area contributed by atoms with E-state index in [0.29, 0.717) is 10.7 Å². The van der Waals surface area contributed by atoms with Crippen molar-refractivity contribution >= 4 is 22.5 Å². The van der Waals surface area contributed by atoms with Crippen molar-refractivity contribution < 1.29 is 0 Å². The maximum Gasteiger partial charge on any atom is 0.348 e. The van der Waals surface area contributed by atoms with Gasteiger partial charge in [0, 0.05) is 23.0 Å². The van der Waals surface area contributed by atoms with Gasteiger partial charge in [-0.25, -0.2) is 4.79 Å². The molecule has 0 aliphatic carbocycles. The molecule has 0 amide bonds. The maximum absolute atomic E-state index is 11.9. The number of fused-ring (bicyclic) bond motifs is 1. The molecule has 4 heteroatoms. The second-order valence-electron chi connectivity index (χ2n) is 4.33. The number of benzene rings is 2. The van der Waals surface area contributed by atoms with Crippen LogP contribution in [-0.4, -0.2) is 9.55 Å². The molecule has 3 nitrogen and oxygen atoms in total. The summed E-state index contributed by atoms with van der Waals surface area (Å²) in [6.07, 6.45) is 0. The molecule has 0 saturated heterocycles. The molecule has 0 atom stereocenters. The van der Waals surface area contributed by atoms with Crippen LogP contribution in [0.2, 0.25) is 5.02 Å². The van der Waals surface area contributed by atoms with Gasteiger partial charge >= 0.3 is 5.69 Å². The average Bonchev–Trinajstić information content (AvgIpc) is 2.43. The zero-order valence-electron chi connectivity index (χ0n) is 10.3. The number of hydrogen-bond donors (Lipinski definition) is 0. The van der Waals surface area contributed by atoms with E-state index in [1.54, 1.807) is 13.1 Å². The van der Waals surface area contributed by atoms with Gasteiger partial charge in [0.25, 0.3) is 0 Å². The van der Waals surface area contributed by atoms with Gasteiger partial charge in [-0.15, -0.1) is 0 Å². The van der Waals surface area contributed by atoms with E-state index < -0.39 is 0 Å². The van der Waals surface area contributed by atoms with Crippen LogP contribution in [0.4, 0.5) is 0 Å². The van der Waals surface area contributed by atoms with Crippen LogP contribution in [0.3, 0.4) is 0 Å². The Balaban J connectivity index is 2.45. The first-order valence-corrected chi connectivity index (χ1v) is 6.26. The summed E-state index contributed by atoms with van der Waals surface area (Å²) in [5.74, 6) is 0. The Bertz CT molecular complexity index is 809. The molecule has 0 fully saturated rings. The van der Waals surface area contributed by atoms with Crippen molar-refractivity contribution in [2.45, 2.75) is 0 Å². The Hall–Kier alpha value is -2.13. The zero-order chi connectivity index (χ0) is 13.4. The molecule has 94 valence electrons. The van der Waals surface area contributed by atoms with E-state index in [-0.39, 0.29) is 5.69 Å². The van der Waals surface area contributed by atoms with E-state index in [4.69, 9.17) is 11.6 Å². The van der Waals surface area contributed by atoms with Crippen molar-refractivity contribution in [2.75, 3.05) is 0 Å². The van der Waals surface area contributed by atoms with E-state index in [1.165, 1.54) is 4.57 Å². The topological polar surface area (TPSA) is 34.9 Å². The van der Waals surface area contributed by atoms with Crippen LogP contribution in [0.1, 0.15) is 0 Å². The molecule has 0 bridgehead atoms. The number of hydrogen-bond acceptors (Lipinski definition) is 2. The molecule has 0 spiro atoms. The Labute approximate surface area is 115 Å². The second-order valence-corrected chi connectivity index (χ2v) is 4.77. The highest BCUT2D eigenvalue weighted by Gasteiger charge is 2.10. The molecule has 2 aromatic carbocycles. The fourth-order valence-corrected chi connectivity index (χ4v) is 2.31. The lowest BCUT2D eigenvalue weighted by Crippen LogP contribution is -2.20. The molecular weight excluding hydrogens is 260 g/mol. The lowest BCUT2D eigenvalue weighted by molar-refractivity contribution is 0.855. The van der Waals surface area contributed by atoms with Crippen LogP contribution >= 0.6 is 11.6 Å². The lowest BCUT2D eigenvalue weighted by Gasteiger charge is -2.09. The SMILES string of the molecule is Cn1c(=O)nc(-c2ccccc2)c2cc(Cl)ccc21. The predicted molar refractivity (Wildman–Crippen MR) is 77.4 cm³/mol. The third kappa shape index (κ3) is 2.02. The first kappa shape index (κ1) is 11.9. The van der Waals surface area contributed by atoms with Gasteiger partial charge in [0.15, 0.2) is 0 Å². The van der Waals surface area contributed by atoms with Gasteiger partial charge < -0.3 is 0 Å². The van der Waals surface area contributed by atoms with Crippen LogP contribution in [0.25, 0.3) is 22.2 Å². The highest BCUT2D eigenvalue weighted by molar-refractivity contribution is 6.31. The largest absolute Gasteiger partial charge is 0.348 e. The minimum Gasteiger partial charge on any atom is -0.295 e. The number of aryl methyl sites for hydroxylation is 1. The molecule has 0 saturated carbocycles. The molecule has 0 unspecified atom stereocenters. The van der Waals surface area contributed by atoms with E-state index in [2.05, 4.69) is 4.98 Å². The summed E-state index contributed by atoms with van der Waals surface area (Å²) < 4.78 is 1.53. The summed E-state index contributed by atoms with van der Waals surface area (Å²) in [6, 6.07) is 15.1. The van der Waals surface area contributed by atoms with E-state index >= 15 is 0 Å². The summed E-state index contributed by atoms with van der Waals surface area (Å²) in [5, 5.41) is 1.51. The molecule has 0 aliphatic rings. The van der Waals surface area contributed by atoms with Crippen molar-refractivity contribution in [3.05, 3.63) is 64.0 Å². The van der Waals surface area contributed by atoms with Crippen LogP contribution < -0.4 is 5.69 Å². The highest BCUT2D eigenvalue weighted by Crippen LogP contribution is 2.27. The van der Waals surface area contributed by atoms with Gasteiger partial charge in [0.1, 0.15) is 0 Å². The van der Waals surface area contributed by atoms with Crippen molar-refractivity contribution in [3.63, 3.8) is 0 Å². The molecule has 19 heavy (non-hydrogen) atoms. The molecule has 3 rings (SSSR count). The van der Waals surface area contributed by atoms with Crippen molar-refractivity contribution in [1.82, 2.24) is 9.55 Å². The zero-order valence-corrected chi connectivity index (χ0v) is 11.1. The van der Waals surface area contributed by atoms with Crippen molar-refractivity contribution in [1.29, 1.82) is 0 Å². The normalized spacial score (nSPS) is 10.8. The summed E-state index contributed by atoms with van der Waals surface area (Å²) >= 11 is 6.06. The van der Waals surface area contributed by atoms with Crippen LogP contribution in [0.15, 0.2) is 53.3 Å². The van der Waals surface area contributed by atoms with Gasteiger partial charge in [-0.3, -0.25) is 4.57 Å². The van der Waals surface area contributed by atoms with Crippen molar-refractivity contribution in [2.24, 2.45) is 7.05 Å². The summed E-state index contributed by atoms with van der Waals surface area (Å²) in [7, 11) is 1.71. The fourth-order valence-electron chi connectivity index (χ4n) is 2.14. The van der Waals surface area contributed by atoms with Crippen molar-refractivity contribution in [3.8, 4) is 11.3 Å². The van der Waals surface area contributed by atoms with E-state index in [0.717, 1.165) is 16.5 Å². The molecule has 0 radical (unpaired) electrons. The lowest BCUT2D eigenvalue weighted by atomic mass is 10.1. The van der Waals surface area contributed by atoms with Crippen LogP contribution in [0, 0.1) is 0 Å². The Morgan fingerprint density at radius 2 is 1.84 bits per heavy atom. The number of halogens is 1. The molecule has 0 aliphatic heterocycles. The van der Waals surface area contributed by atoms with Gasteiger partial charge in [-0.1, -0.05) is 41.9 Å². The third-order valence-electron chi connectivity index (χ3n) is 3.12. The summed E-state index contributed by atoms with van der Waals surface area (Å²) in [5.41, 5.74) is 2.13. The monoisotopic (exact) mass is 270 g/mol. The molecule has 1 heterocycles. The number of rotatable bonds is 1. The van der Waals surface area contributed by atoms with Crippen LogP contribution in [-0.2, 0) is 7.05 Å². The van der Waals surface area contributed by atoms with E-state index in [9.17, 15) is 4.79 Å². The van der Waals surface area contributed by atoms with Gasteiger partial charge in [0.2, 0.25) is 0 Å². The number of nitrogens with zero attached hydrogens (tertiary/aromatic N) is 2. The molecule has 1 aromatic heterocycles. The first-order valence-electron chi connectivity index (χ1n) is 5.88. The molecule has 0 N–H and O–H groups in total. The standard InChI is InChI=1S/C15H11ClN2O/c1-18-13-8-7-11(16)9-12(13)14(17-15(18)19)10-5-3-2-4-6-10/h2-9H,1H3. The fraction of sp³-hybridized carbons (Fsp3) is 0.0667. The summed E-state index contributed by atoms with van der Waals surface area (Å²) in [6.45, 7) is 0. The van der Waals surface area contributed by atoms with Gasteiger partial charge in [-0.2, -0.15) is 4.98 Å². The Morgan fingerprint density at radius 1 is 1.11 bits per heavy atom. The highest BCUT2D eigenvalue weighted by atomic mass is 35.5. The summed E-state index contributed by atoms with van der Waals surface area (Å²) in [4.78, 5) is 16.1. The van der Waals surface area contributed by atoms with Gasteiger partial charge in [-0.05, 0) is 18.2 Å². The smallest absolute Gasteiger partial charge is 0.295 e. The predicted octanol–water partition coefficient (Wildman–Crippen LogP) is 3.25. The second kappa shape index (κ2) is 4.52. The molecular formula is C15H11ClN2O. The quantitative estimate of drug-likeness (QED) is 0.680. The Kier molecular flexibility index (Phi) is 2.84. The molecule has 3 aromatic rings. The third-order valence-corrected chi connectivity index (χ3v) is 3.35. The Morgan fingerprint density at radius 3 is 2.58 bits per heavy atom. The maximum atomic E-state index is 11.9.